The van der Waals surface area contributed by atoms with Crippen LogP contribution in [0.3, 0.4) is 0 Å². The van der Waals surface area contributed by atoms with Gasteiger partial charge in [0.25, 0.3) is 0 Å². The van der Waals surface area contributed by atoms with Gasteiger partial charge in [0.15, 0.2) is 0 Å². The maximum absolute atomic E-state index is 2.29. The van der Waals surface area contributed by atoms with Crippen LogP contribution in [0.4, 0.5) is 0 Å². The summed E-state index contributed by atoms with van der Waals surface area (Å²) in [5, 5.41) is 0. The smallest absolute Gasteiger partial charge is 1.00 e. The van der Waals surface area contributed by atoms with Crippen LogP contribution >= 0.6 is 0 Å². The Labute approximate surface area is 176 Å². The van der Waals surface area contributed by atoms with Gasteiger partial charge in [0, 0.05) is 0 Å². The fraction of sp³-hybridized carbons (Fsp3) is 1.00. The van der Waals surface area contributed by atoms with E-state index in [0.717, 1.165) is 4.48 Å². The van der Waals surface area contributed by atoms with E-state index in [0.29, 0.717) is 0 Å². The first-order valence-corrected chi connectivity index (χ1v) is 9.36. The van der Waals surface area contributed by atoms with Gasteiger partial charge in [-0.1, -0.05) is 84.0 Å². The summed E-state index contributed by atoms with van der Waals surface area (Å²) in [5.41, 5.74) is 0. The number of hydrogen-bond donors (Lipinski definition) is 0. The second kappa shape index (κ2) is 20.5. The van der Waals surface area contributed by atoms with Crippen molar-refractivity contribution < 1.29 is 52.4 Å². The van der Waals surface area contributed by atoms with Crippen molar-refractivity contribution in [2.45, 2.75) is 96.8 Å². The summed E-state index contributed by atoms with van der Waals surface area (Å²) < 4.78 is 1.12. The van der Waals surface area contributed by atoms with Gasteiger partial charge in [-0.25, -0.2) is 0 Å². The molecule has 0 spiro atoms. The van der Waals surface area contributed by atoms with E-state index in [4.69, 9.17) is 0 Å². The normalized spacial score (nSPS) is 10.9. The Morgan fingerprint density at radius 1 is 0.545 bits per heavy atom. The van der Waals surface area contributed by atoms with E-state index in [-0.39, 0.29) is 48.0 Å². The molecule has 0 atom stereocenters. The number of halogens is 1. The van der Waals surface area contributed by atoms with Crippen LogP contribution in [0.5, 0.6) is 0 Å². The second-order valence-corrected chi connectivity index (χ2v) is 7.61. The van der Waals surface area contributed by atoms with E-state index < -0.39 is 0 Å². The average molecular weight is 388 g/mol. The predicted octanol–water partition coefficient (Wildman–Crippen LogP) is 0.294. The zero-order chi connectivity index (χ0) is 15.1. The third-order valence-corrected chi connectivity index (χ3v) is 4.18. The Bertz CT molecular complexity index is 198. The van der Waals surface area contributed by atoms with Gasteiger partial charge in [0.2, 0.25) is 0 Å². The van der Waals surface area contributed by atoms with Gasteiger partial charge in [0.1, 0.15) is 0 Å². The SMILES string of the molecule is CCCCCCCCCCCCCCCC[N+](C)(C)C.[Br-].[H-].[Na+]. The van der Waals surface area contributed by atoms with Gasteiger partial charge < -0.3 is 22.9 Å². The first-order valence-electron chi connectivity index (χ1n) is 9.36. The molecule has 22 heavy (non-hydrogen) atoms. The molecule has 0 aromatic heterocycles. The molecule has 0 aliphatic rings. The second-order valence-electron chi connectivity index (χ2n) is 7.61. The van der Waals surface area contributed by atoms with Gasteiger partial charge in [-0.05, 0) is 12.8 Å². The molecular weight excluding hydrogens is 345 g/mol. The maximum Gasteiger partial charge on any atom is 1.00 e. The van der Waals surface area contributed by atoms with Crippen LogP contribution in [-0.4, -0.2) is 32.2 Å². The molecule has 0 aliphatic carbocycles. The monoisotopic (exact) mass is 387 g/mol. The van der Waals surface area contributed by atoms with Crippen LogP contribution in [0.1, 0.15) is 98.2 Å². The molecule has 0 aromatic rings. The van der Waals surface area contributed by atoms with E-state index in [1.165, 1.54) is 96.4 Å². The fourth-order valence-electron chi connectivity index (χ4n) is 2.78. The number of hydrogen-bond acceptors (Lipinski definition) is 0. The summed E-state index contributed by atoms with van der Waals surface area (Å²) in [4.78, 5) is 0. The van der Waals surface area contributed by atoms with E-state index in [1.54, 1.807) is 0 Å². The van der Waals surface area contributed by atoms with Crippen molar-refractivity contribution in [2.75, 3.05) is 27.7 Å². The predicted molar refractivity (Wildman–Crippen MR) is 94.3 cm³/mol. The van der Waals surface area contributed by atoms with Crippen molar-refractivity contribution >= 4 is 0 Å². The first kappa shape index (κ1) is 28.3. The fourth-order valence-corrected chi connectivity index (χ4v) is 2.78. The zero-order valence-electron chi connectivity index (χ0n) is 17.4. The third kappa shape index (κ3) is 26.3. The van der Waals surface area contributed by atoms with Crippen LogP contribution in [0.15, 0.2) is 0 Å². The first-order chi connectivity index (χ1) is 9.56. The van der Waals surface area contributed by atoms with E-state index in [1.807, 2.05) is 0 Å². The minimum atomic E-state index is 0. The molecule has 0 N–H and O–H groups in total. The molecule has 0 rings (SSSR count). The average Bonchev–Trinajstić information content (AvgIpc) is 2.38. The molecular formula is C19H43BrNNa. The molecule has 0 aromatic carbocycles. The van der Waals surface area contributed by atoms with E-state index in [2.05, 4.69) is 28.1 Å². The van der Waals surface area contributed by atoms with Crippen molar-refractivity contribution in [2.24, 2.45) is 0 Å². The molecule has 3 heteroatoms. The molecule has 0 fully saturated rings. The molecule has 1 nitrogen and oxygen atoms in total. The molecule has 0 bridgehead atoms. The molecule has 0 aliphatic heterocycles. The Kier molecular flexibility index (Phi) is 26.3. The Morgan fingerprint density at radius 2 is 0.818 bits per heavy atom. The third-order valence-electron chi connectivity index (χ3n) is 4.18. The van der Waals surface area contributed by atoms with Crippen LogP contribution in [0.25, 0.3) is 0 Å². The molecule has 0 heterocycles. The van der Waals surface area contributed by atoms with E-state index >= 15 is 0 Å². The number of rotatable bonds is 15. The van der Waals surface area contributed by atoms with Gasteiger partial charge in [-0.15, -0.1) is 0 Å². The Balaban J connectivity index is -0.000000602. The standard InChI is InChI=1S/C19H42N.BrH.Na.H/c1-5-6-7-8-9-10-11-12-13-14-15-16-17-18-19-20(2,3)4;;;/h5-19H2,1-4H3;1H;;/q+1;;+1;-1/p-1. The maximum atomic E-state index is 2.29. The Morgan fingerprint density at radius 3 is 1.09 bits per heavy atom. The largest absolute Gasteiger partial charge is 1.00 e. The Hall–Kier alpha value is 1.44. The van der Waals surface area contributed by atoms with Crippen LogP contribution in [0.2, 0.25) is 0 Å². The topological polar surface area (TPSA) is 0 Å². The van der Waals surface area contributed by atoms with Gasteiger partial charge >= 0.3 is 29.6 Å². The zero-order valence-corrected chi connectivity index (χ0v) is 20.0. The van der Waals surface area contributed by atoms with Crippen LogP contribution < -0.4 is 46.5 Å². The molecule has 0 saturated heterocycles. The van der Waals surface area contributed by atoms with Gasteiger partial charge in [-0.2, -0.15) is 0 Å². The van der Waals surface area contributed by atoms with Crippen molar-refractivity contribution in [1.82, 2.24) is 0 Å². The molecule has 132 valence electrons. The van der Waals surface area contributed by atoms with Crippen molar-refractivity contribution in [3.63, 3.8) is 0 Å². The summed E-state index contributed by atoms with van der Waals surface area (Å²) in [6.45, 7) is 3.63. The van der Waals surface area contributed by atoms with E-state index in [9.17, 15) is 0 Å². The molecule has 0 amide bonds. The summed E-state index contributed by atoms with van der Waals surface area (Å²) in [6.07, 6.45) is 20.4. The minimum Gasteiger partial charge on any atom is -1.00 e. The summed E-state index contributed by atoms with van der Waals surface area (Å²) >= 11 is 0. The summed E-state index contributed by atoms with van der Waals surface area (Å²) in [7, 11) is 6.88. The molecule has 0 saturated carbocycles. The van der Waals surface area contributed by atoms with Crippen molar-refractivity contribution in [3.05, 3.63) is 0 Å². The van der Waals surface area contributed by atoms with Crippen LogP contribution in [-0.2, 0) is 0 Å². The minimum absolute atomic E-state index is 0. The number of quaternary nitrogens is 1. The van der Waals surface area contributed by atoms with Crippen molar-refractivity contribution in [1.29, 1.82) is 0 Å². The van der Waals surface area contributed by atoms with Crippen molar-refractivity contribution in [3.8, 4) is 0 Å². The summed E-state index contributed by atoms with van der Waals surface area (Å²) in [5.74, 6) is 0. The number of unbranched alkanes of at least 4 members (excludes halogenated alkanes) is 13. The molecule has 0 radical (unpaired) electrons. The van der Waals surface area contributed by atoms with Crippen LogP contribution in [0, 0.1) is 0 Å². The summed E-state index contributed by atoms with van der Waals surface area (Å²) in [6, 6.07) is 0. The van der Waals surface area contributed by atoms with Gasteiger partial charge in [-0.3, -0.25) is 0 Å². The van der Waals surface area contributed by atoms with Gasteiger partial charge in [0.05, 0.1) is 27.7 Å². The quantitative estimate of drug-likeness (QED) is 0.215. The number of nitrogens with zero attached hydrogens (tertiary/aromatic N) is 1. The molecule has 0 unspecified atom stereocenters.